The van der Waals surface area contributed by atoms with Crippen molar-refractivity contribution in [3.8, 4) is 11.5 Å². The van der Waals surface area contributed by atoms with Crippen molar-refractivity contribution in [2.75, 3.05) is 13.6 Å². The van der Waals surface area contributed by atoms with Gasteiger partial charge in [-0.05, 0) is 50.9 Å². The first kappa shape index (κ1) is 13.2. The number of likely N-dealkylation sites (N-methyl/N-ethyl adjacent to an activating group) is 1. The summed E-state index contributed by atoms with van der Waals surface area (Å²) in [6.07, 6.45) is 1.59. The molecule has 0 radical (unpaired) electrons. The van der Waals surface area contributed by atoms with Crippen molar-refractivity contribution in [2.24, 2.45) is 0 Å². The lowest BCUT2D eigenvalue weighted by Crippen LogP contribution is -2.76. The van der Waals surface area contributed by atoms with E-state index in [0.717, 1.165) is 30.5 Å². The zero-order valence-corrected chi connectivity index (χ0v) is 12.6. The van der Waals surface area contributed by atoms with E-state index in [2.05, 4.69) is 11.9 Å². The van der Waals surface area contributed by atoms with Crippen LogP contribution in [0.3, 0.4) is 0 Å². The Morgan fingerprint density at radius 1 is 1.32 bits per heavy atom. The Balaban J connectivity index is 1.86. The molecule has 0 amide bonds. The minimum absolute atomic E-state index is 0.0443. The summed E-state index contributed by atoms with van der Waals surface area (Å²) in [5, 5.41) is 32.4. The number of piperidine rings is 1. The van der Waals surface area contributed by atoms with Crippen molar-refractivity contribution in [1.29, 1.82) is 0 Å². The molecular weight excluding hydrogens is 282 g/mol. The van der Waals surface area contributed by atoms with Crippen LogP contribution in [-0.4, -0.2) is 57.7 Å². The molecule has 4 aliphatic rings. The van der Waals surface area contributed by atoms with Crippen molar-refractivity contribution in [2.45, 2.75) is 54.9 Å². The summed E-state index contributed by atoms with van der Waals surface area (Å²) in [7, 11) is 2.07. The molecule has 2 aliphatic heterocycles. The number of aromatic hydroxyl groups is 1. The van der Waals surface area contributed by atoms with Gasteiger partial charge in [0, 0.05) is 11.6 Å². The van der Waals surface area contributed by atoms with Crippen molar-refractivity contribution in [1.82, 2.24) is 4.90 Å². The first-order valence-electron chi connectivity index (χ1n) is 8.12. The third-order valence-corrected chi connectivity index (χ3v) is 6.70. The van der Waals surface area contributed by atoms with E-state index in [0.29, 0.717) is 18.6 Å². The fourth-order valence-corrected chi connectivity index (χ4v) is 5.73. The average molecular weight is 303 g/mol. The second kappa shape index (κ2) is 3.78. The maximum absolute atomic E-state index is 11.7. The highest BCUT2D eigenvalue weighted by Gasteiger charge is 2.72. The lowest BCUT2D eigenvalue weighted by Gasteiger charge is -2.63. The lowest BCUT2D eigenvalue weighted by atomic mass is 9.49. The predicted octanol–water partition coefficient (Wildman–Crippen LogP) is 0.537. The molecule has 1 saturated carbocycles. The van der Waals surface area contributed by atoms with E-state index in [4.69, 9.17) is 4.74 Å². The number of phenolic OH excluding ortho intramolecular Hbond substituents is 1. The zero-order chi connectivity index (χ0) is 15.3. The monoisotopic (exact) mass is 303 g/mol. The Morgan fingerprint density at radius 3 is 2.95 bits per heavy atom. The summed E-state index contributed by atoms with van der Waals surface area (Å²) in [6.45, 7) is 0.869. The third kappa shape index (κ3) is 1.17. The molecule has 1 unspecified atom stereocenters. The summed E-state index contributed by atoms with van der Waals surface area (Å²) in [5.41, 5.74) is 0.633. The number of nitrogens with zero attached hydrogens (tertiary/aromatic N) is 1. The van der Waals surface area contributed by atoms with Gasteiger partial charge < -0.3 is 25.0 Å². The second-order valence-electron chi connectivity index (χ2n) is 7.44. The highest BCUT2D eigenvalue weighted by atomic mass is 16.5. The van der Waals surface area contributed by atoms with Gasteiger partial charge in [0.15, 0.2) is 11.5 Å². The number of ether oxygens (including phenoxy) is 1. The summed E-state index contributed by atoms with van der Waals surface area (Å²) in [5.74, 6) is 0.610. The van der Waals surface area contributed by atoms with Gasteiger partial charge in [-0.1, -0.05) is 6.07 Å². The average Bonchev–Trinajstić information content (AvgIpc) is 2.85. The molecule has 2 bridgehead atoms. The maximum Gasteiger partial charge on any atom is 0.165 e. The largest absolute Gasteiger partial charge is 0.504 e. The van der Waals surface area contributed by atoms with Gasteiger partial charge in [0.1, 0.15) is 6.10 Å². The van der Waals surface area contributed by atoms with Gasteiger partial charge in [-0.15, -0.1) is 0 Å². The molecule has 1 saturated heterocycles. The van der Waals surface area contributed by atoms with Crippen LogP contribution in [0.5, 0.6) is 11.5 Å². The molecule has 1 aromatic carbocycles. The van der Waals surface area contributed by atoms with Crippen LogP contribution in [0.2, 0.25) is 0 Å². The molecule has 1 aromatic rings. The zero-order valence-electron chi connectivity index (χ0n) is 12.6. The molecule has 22 heavy (non-hydrogen) atoms. The molecular formula is C17H21NO4. The Kier molecular flexibility index (Phi) is 2.26. The highest BCUT2D eigenvalue weighted by molar-refractivity contribution is 5.62. The smallest absolute Gasteiger partial charge is 0.165 e. The molecule has 1 spiro atoms. The van der Waals surface area contributed by atoms with E-state index in [-0.39, 0.29) is 11.8 Å². The van der Waals surface area contributed by atoms with E-state index >= 15 is 0 Å². The Hall–Kier alpha value is -1.30. The van der Waals surface area contributed by atoms with Crippen LogP contribution < -0.4 is 4.74 Å². The van der Waals surface area contributed by atoms with Crippen LogP contribution in [0, 0.1) is 0 Å². The molecule has 5 rings (SSSR count). The quantitative estimate of drug-likeness (QED) is 0.652. The van der Waals surface area contributed by atoms with Crippen LogP contribution in [0.15, 0.2) is 12.1 Å². The number of aliphatic hydroxyl groups is 2. The minimum atomic E-state index is -0.893. The SMILES string of the molecule is CN1CC[C@]23c4c5ccc(O)c4O[C@H]2[C@H](O)CC[C@@]3(O)C1C5. The Morgan fingerprint density at radius 2 is 2.14 bits per heavy atom. The first-order chi connectivity index (χ1) is 10.5. The number of hydrogen-bond acceptors (Lipinski definition) is 5. The van der Waals surface area contributed by atoms with Gasteiger partial charge in [-0.25, -0.2) is 0 Å². The number of likely N-dealkylation sites (tertiary alicyclic amines) is 1. The molecule has 5 nitrogen and oxygen atoms in total. The first-order valence-corrected chi connectivity index (χ1v) is 8.12. The van der Waals surface area contributed by atoms with Gasteiger partial charge in [0.05, 0.1) is 17.1 Å². The van der Waals surface area contributed by atoms with Gasteiger partial charge >= 0.3 is 0 Å². The van der Waals surface area contributed by atoms with Crippen LogP contribution in [-0.2, 0) is 11.8 Å². The van der Waals surface area contributed by atoms with Gasteiger partial charge in [-0.2, -0.15) is 0 Å². The highest BCUT2D eigenvalue weighted by Crippen LogP contribution is 2.65. The molecule has 118 valence electrons. The van der Waals surface area contributed by atoms with E-state index < -0.39 is 23.2 Å². The summed E-state index contributed by atoms with van der Waals surface area (Å²) >= 11 is 0. The van der Waals surface area contributed by atoms with E-state index in [1.165, 1.54) is 0 Å². The minimum Gasteiger partial charge on any atom is -0.504 e. The standard InChI is InChI=1S/C17H21NO4/c1-18-7-6-16-13-9-2-3-10(19)14(13)22-15(16)11(20)4-5-17(16,21)12(18)8-9/h2-3,11-12,15,19-21H,4-8H2,1H3/t11-,12?,15+,16+,17-/m1/s1. The number of aliphatic hydroxyl groups excluding tert-OH is 1. The van der Waals surface area contributed by atoms with Gasteiger partial charge in [-0.3, -0.25) is 0 Å². The molecule has 0 aromatic heterocycles. The van der Waals surface area contributed by atoms with Crippen LogP contribution in [0.1, 0.15) is 30.4 Å². The summed E-state index contributed by atoms with van der Waals surface area (Å²) in [6, 6.07) is 3.67. The predicted molar refractivity (Wildman–Crippen MR) is 79.1 cm³/mol. The van der Waals surface area contributed by atoms with E-state index in [1.807, 2.05) is 6.07 Å². The van der Waals surface area contributed by atoms with E-state index in [9.17, 15) is 15.3 Å². The van der Waals surface area contributed by atoms with Gasteiger partial charge in [0.25, 0.3) is 0 Å². The van der Waals surface area contributed by atoms with Gasteiger partial charge in [0.2, 0.25) is 0 Å². The molecule has 5 heteroatoms. The lowest BCUT2D eigenvalue weighted by molar-refractivity contribution is -0.204. The topological polar surface area (TPSA) is 73.2 Å². The fourth-order valence-electron chi connectivity index (χ4n) is 5.73. The Labute approximate surface area is 129 Å². The van der Waals surface area contributed by atoms with Crippen molar-refractivity contribution >= 4 is 0 Å². The van der Waals surface area contributed by atoms with Crippen molar-refractivity contribution in [3.05, 3.63) is 23.3 Å². The number of hydrogen-bond donors (Lipinski definition) is 3. The summed E-state index contributed by atoms with van der Waals surface area (Å²) < 4.78 is 6.04. The van der Waals surface area contributed by atoms with Crippen LogP contribution in [0.25, 0.3) is 0 Å². The molecule has 2 fully saturated rings. The maximum atomic E-state index is 11.7. The Bertz CT molecular complexity index is 677. The molecule has 2 aliphatic carbocycles. The molecule has 2 heterocycles. The third-order valence-electron chi connectivity index (χ3n) is 6.70. The van der Waals surface area contributed by atoms with Crippen LogP contribution in [0.4, 0.5) is 0 Å². The second-order valence-corrected chi connectivity index (χ2v) is 7.44. The summed E-state index contributed by atoms with van der Waals surface area (Å²) in [4.78, 5) is 2.24. The number of rotatable bonds is 0. The van der Waals surface area contributed by atoms with Crippen molar-refractivity contribution in [3.63, 3.8) is 0 Å². The molecule has 3 N–H and O–H groups in total. The van der Waals surface area contributed by atoms with Crippen molar-refractivity contribution < 1.29 is 20.1 Å². The number of benzene rings is 1. The normalized spacial score (nSPS) is 45.3. The van der Waals surface area contributed by atoms with Crippen LogP contribution >= 0.6 is 0 Å². The molecule has 5 atom stereocenters. The fraction of sp³-hybridized carbons (Fsp3) is 0.647. The van der Waals surface area contributed by atoms with E-state index in [1.54, 1.807) is 6.07 Å². The number of phenols is 1.